The minimum atomic E-state index is -0.131. The van der Waals surface area contributed by atoms with Crippen LogP contribution in [-0.2, 0) is 17.8 Å². The molecule has 0 spiro atoms. The molecule has 1 fully saturated rings. The molecule has 1 aliphatic heterocycles. The average molecular weight is 483 g/mol. The van der Waals surface area contributed by atoms with Crippen LogP contribution in [0.15, 0.2) is 54.9 Å². The molecule has 8 nitrogen and oxygen atoms in total. The van der Waals surface area contributed by atoms with E-state index < -0.39 is 0 Å². The van der Waals surface area contributed by atoms with Gasteiger partial charge in [0.2, 0.25) is 0 Å². The lowest BCUT2D eigenvalue weighted by Crippen LogP contribution is -2.37. The number of anilines is 4. The lowest BCUT2D eigenvalue weighted by atomic mass is 10.1. The van der Waals surface area contributed by atoms with E-state index in [0.717, 1.165) is 29.2 Å². The van der Waals surface area contributed by atoms with E-state index in [1.54, 1.807) is 6.20 Å². The van der Waals surface area contributed by atoms with E-state index in [2.05, 4.69) is 62.9 Å². The van der Waals surface area contributed by atoms with Crippen molar-refractivity contribution in [2.75, 3.05) is 48.4 Å². The topological polar surface area (TPSA) is 109 Å². The monoisotopic (exact) mass is 482 g/mol. The number of nitrogens with one attached hydrogen (secondary N) is 3. The molecule has 2 aromatic heterocycles. The molecule has 0 radical (unpaired) electrons. The van der Waals surface area contributed by atoms with Crippen LogP contribution in [0.1, 0.15) is 22.4 Å². The molecule has 2 aromatic carbocycles. The molecule has 0 saturated carbocycles. The number of aromatic nitrogens is 2. The number of fused-ring (bicyclic) bond motifs is 1. The SMILES string of the molecule is Cc1cccc2c(CCNc3ccc(Nc4ccnc(CO)c4)c(N4CCOCC4)c3C#N)c[nH]c12. The zero-order valence-electron chi connectivity index (χ0n) is 20.3. The van der Waals surface area contributed by atoms with Crippen molar-refractivity contribution in [3.05, 3.63) is 77.2 Å². The zero-order chi connectivity index (χ0) is 24.9. The third-order valence-corrected chi connectivity index (χ3v) is 6.59. The lowest BCUT2D eigenvalue weighted by Gasteiger charge is -2.32. The maximum absolute atomic E-state index is 10.2. The van der Waals surface area contributed by atoms with Crippen LogP contribution >= 0.6 is 0 Å². The molecule has 5 rings (SSSR count). The Kier molecular flexibility index (Phi) is 7.03. The summed E-state index contributed by atoms with van der Waals surface area (Å²) in [5.41, 5.74) is 8.16. The molecule has 0 aliphatic carbocycles. The van der Waals surface area contributed by atoms with Gasteiger partial charge in [0.05, 0.1) is 42.6 Å². The highest BCUT2D eigenvalue weighted by Crippen LogP contribution is 2.37. The molecular formula is C28H30N6O2. The van der Waals surface area contributed by atoms with Gasteiger partial charge in [-0.3, -0.25) is 4.98 Å². The largest absolute Gasteiger partial charge is 0.390 e. The normalized spacial score (nSPS) is 13.5. The van der Waals surface area contributed by atoms with Gasteiger partial charge in [0, 0.05) is 48.6 Å². The summed E-state index contributed by atoms with van der Waals surface area (Å²) in [6.45, 7) is 5.33. The van der Waals surface area contributed by atoms with Gasteiger partial charge in [0.1, 0.15) is 11.6 Å². The Morgan fingerprint density at radius 3 is 2.81 bits per heavy atom. The second-order valence-corrected chi connectivity index (χ2v) is 8.90. The molecule has 0 bridgehead atoms. The second kappa shape index (κ2) is 10.7. The van der Waals surface area contributed by atoms with Gasteiger partial charge in [-0.1, -0.05) is 18.2 Å². The highest BCUT2D eigenvalue weighted by molar-refractivity contribution is 5.87. The van der Waals surface area contributed by atoms with Gasteiger partial charge < -0.3 is 30.4 Å². The van der Waals surface area contributed by atoms with E-state index in [-0.39, 0.29) is 6.61 Å². The van der Waals surface area contributed by atoms with Crippen LogP contribution in [0.4, 0.5) is 22.7 Å². The van der Waals surface area contributed by atoms with Gasteiger partial charge in [-0.15, -0.1) is 0 Å². The number of hydrogen-bond acceptors (Lipinski definition) is 7. The third-order valence-electron chi connectivity index (χ3n) is 6.59. The number of aryl methyl sites for hydroxylation is 1. The number of aliphatic hydroxyl groups is 1. The molecule has 1 saturated heterocycles. The number of aromatic amines is 1. The number of ether oxygens (including phenoxy) is 1. The Morgan fingerprint density at radius 2 is 2.00 bits per heavy atom. The number of morpholine rings is 1. The van der Waals surface area contributed by atoms with Crippen LogP contribution in [-0.4, -0.2) is 47.9 Å². The van der Waals surface area contributed by atoms with Crippen molar-refractivity contribution in [3.63, 3.8) is 0 Å². The number of pyridine rings is 1. The predicted molar refractivity (Wildman–Crippen MR) is 143 cm³/mol. The Hall–Kier alpha value is -4.06. The lowest BCUT2D eigenvalue weighted by molar-refractivity contribution is 0.123. The summed E-state index contributed by atoms with van der Waals surface area (Å²) in [5.74, 6) is 0. The third kappa shape index (κ3) is 4.85. The first-order valence-corrected chi connectivity index (χ1v) is 12.2. The van der Waals surface area contributed by atoms with E-state index in [4.69, 9.17) is 4.74 Å². The average Bonchev–Trinajstić information content (AvgIpc) is 3.34. The molecule has 0 unspecified atom stereocenters. The Morgan fingerprint density at radius 1 is 1.17 bits per heavy atom. The van der Waals surface area contributed by atoms with E-state index in [1.165, 1.54) is 22.0 Å². The molecule has 8 heteroatoms. The molecule has 4 N–H and O–H groups in total. The van der Waals surface area contributed by atoms with Gasteiger partial charge in [0.15, 0.2) is 0 Å². The van der Waals surface area contributed by atoms with Crippen LogP contribution in [0.5, 0.6) is 0 Å². The highest BCUT2D eigenvalue weighted by atomic mass is 16.5. The van der Waals surface area contributed by atoms with Crippen LogP contribution in [0.25, 0.3) is 10.9 Å². The fourth-order valence-electron chi connectivity index (χ4n) is 4.77. The smallest absolute Gasteiger partial charge is 0.104 e. The number of benzene rings is 2. The zero-order valence-corrected chi connectivity index (χ0v) is 20.3. The number of hydrogen-bond donors (Lipinski definition) is 4. The predicted octanol–water partition coefficient (Wildman–Crippen LogP) is 4.47. The van der Waals surface area contributed by atoms with Crippen molar-refractivity contribution >= 4 is 33.7 Å². The summed E-state index contributed by atoms with van der Waals surface area (Å²) >= 11 is 0. The van der Waals surface area contributed by atoms with Gasteiger partial charge >= 0.3 is 0 Å². The van der Waals surface area contributed by atoms with Crippen molar-refractivity contribution in [1.82, 2.24) is 9.97 Å². The molecule has 0 amide bonds. The molecule has 3 heterocycles. The minimum Gasteiger partial charge on any atom is -0.390 e. The van der Waals surface area contributed by atoms with Gasteiger partial charge in [0.25, 0.3) is 0 Å². The summed E-state index contributed by atoms with van der Waals surface area (Å²) in [4.78, 5) is 9.75. The molecule has 184 valence electrons. The molecule has 36 heavy (non-hydrogen) atoms. The Balaban J connectivity index is 1.42. The standard InChI is InChI=1S/C28H30N6O2/c1-19-3-2-4-23-20(17-32-27(19)23)7-9-31-25-5-6-26(33-21-8-10-30-22(15-21)18-35)28(24(25)16-29)34-11-13-36-14-12-34/h2-6,8,10,15,17,31-32,35H,7,9,11-14,18H2,1H3,(H,30,33). The first kappa shape index (κ1) is 23.7. The van der Waals surface area contributed by atoms with Crippen LogP contribution < -0.4 is 15.5 Å². The summed E-state index contributed by atoms with van der Waals surface area (Å²) in [5, 5.41) is 27.9. The molecule has 0 atom stereocenters. The number of nitriles is 1. The summed E-state index contributed by atoms with van der Waals surface area (Å²) in [6, 6.07) is 16.4. The van der Waals surface area contributed by atoms with Crippen LogP contribution in [0, 0.1) is 18.3 Å². The van der Waals surface area contributed by atoms with Crippen LogP contribution in [0.3, 0.4) is 0 Å². The van der Waals surface area contributed by atoms with Crippen molar-refractivity contribution in [1.29, 1.82) is 5.26 Å². The van der Waals surface area contributed by atoms with Crippen molar-refractivity contribution in [2.45, 2.75) is 20.0 Å². The first-order valence-electron chi connectivity index (χ1n) is 12.2. The van der Waals surface area contributed by atoms with Crippen molar-refractivity contribution in [3.8, 4) is 6.07 Å². The summed E-state index contributed by atoms with van der Waals surface area (Å²) in [6.07, 6.45) is 4.57. The molecule has 4 aromatic rings. The molecular weight excluding hydrogens is 452 g/mol. The number of nitrogens with zero attached hydrogens (tertiary/aromatic N) is 3. The fourth-order valence-corrected chi connectivity index (χ4v) is 4.77. The number of aliphatic hydroxyl groups excluding tert-OH is 1. The van der Waals surface area contributed by atoms with E-state index in [0.29, 0.717) is 44.1 Å². The first-order chi connectivity index (χ1) is 17.7. The maximum atomic E-state index is 10.2. The Bertz CT molecular complexity index is 1400. The van der Waals surface area contributed by atoms with Crippen molar-refractivity contribution in [2.24, 2.45) is 0 Å². The summed E-state index contributed by atoms with van der Waals surface area (Å²) in [7, 11) is 0. The maximum Gasteiger partial charge on any atom is 0.104 e. The number of rotatable bonds is 8. The quantitative estimate of drug-likeness (QED) is 0.293. The highest BCUT2D eigenvalue weighted by Gasteiger charge is 2.22. The van der Waals surface area contributed by atoms with E-state index >= 15 is 0 Å². The van der Waals surface area contributed by atoms with Crippen molar-refractivity contribution < 1.29 is 9.84 Å². The molecule has 1 aliphatic rings. The number of para-hydroxylation sites is 1. The second-order valence-electron chi connectivity index (χ2n) is 8.90. The van der Waals surface area contributed by atoms with E-state index in [9.17, 15) is 10.4 Å². The summed E-state index contributed by atoms with van der Waals surface area (Å²) < 4.78 is 5.56. The Labute approximate surface area is 210 Å². The van der Waals surface area contributed by atoms with Gasteiger partial charge in [-0.25, -0.2) is 0 Å². The minimum absolute atomic E-state index is 0.131. The van der Waals surface area contributed by atoms with Gasteiger partial charge in [-0.2, -0.15) is 5.26 Å². The van der Waals surface area contributed by atoms with Gasteiger partial charge in [-0.05, 0) is 48.7 Å². The van der Waals surface area contributed by atoms with E-state index in [1.807, 2.05) is 24.3 Å². The number of H-pyrrole nitrogens is 1. The fraction of sp³-hybridized carbons (Fsp3) is 0.286. The van der Waals surface area contributed by atoms with Crippen LogP contribution in [0.2, 0.25) is 0 Å².